The highest BCUT2D eigenvalue weighted by molar-refractivity contribution is 7.73. The van der Waals surface area contributed by atoms with Gasteiger partial charge in [-0.15, -0.1) is 0 Å². The molecule has 0 atom stereocenters. The molecule has 0 aliphatic rings. The van der Waals surface area contributed by atoms with Crippen LogP contribution in [0.4, 0.5) is 0 Å². The lowest BCUT2D eigenvalue weighted by atomic mass is 10.1. The van der Waals surface area contributed by atoms with Crippen LogP contribution < -0.4 is 0 Å². The van der Waals surface area contributed by atoms with E-state index in [2.05, 4.69) is 26.9 Å². The fourth-order valence-electron chi connectivity index (χ4n) is 2.43. The lowest BCUT2D eigenvalue weighted by Crippen LogP contribution is -1.92. The van der Waals surface area contributed by atoms with Gasteiger partial charge in [-0.25, -0.2) is 0 Å². The molecule has 1 N–H and O–H groups in total. The van der Waals surface area contributed by atoms with Crippen LogP contribution in [0.15, 0.2) is 0 Å². The normalized spacial score (nSPS) is 11.4. The van der Waals surface area contributed by atoms with Gasteiger partial charge in [-0.3, -0.25) is 0 Å². The molecule has 0 bridgehead atoms. The van der Waals surface area contributed by atoms with Gasteiger partial charge in [0.2, 0.25) is 0 Å². The van der Waals surface area contributed by atoms with Gasteiger partial charge in [0.1, 0.15) is 0 Å². The monoisotopic (exact) mass is 290 g/mol. The predicted octanol–water partition coefficient (Wildman–Crippen LogP) is 6.42. The highest BCUT2D eigenvalue weighted by Crippen LogP contribution is 2.47. The Hall–Kier alpha value is 0.390. The molecule has 0 spiro atoms. The van der Waals surface area contributed by atoms with Gasteiger partial charge in [-0.2, -0.15) is 0 Å². The molecule has 0 heterocycles. The molecule has 0 radical (unpaired) electrons. The molecule has 0 saturated carbocycles. The maximum Gasteiger partial charge on any atom is 0.0586 e. The summed E-state index contributed by atoms with van der Waals surface area (Å²) in [5, 5.41) is 0. The van der Waals surface area contributed by atoms with Crippen molar-refractivity contribution in [2.45, 2.75) is 84.0 Å². The molecule has 1 nitrogen and oxygen atoms in total. The zero-order chi connectivity index (χ0) is 13.7. The van der Waals surface area contributed by atoms with Crippen LogP contribution >= 0.6 is 7.26 Å². The van der Waals surface area contributed by atoms with Gasteiger partial charge in [0, 0.05) is 27.3 Å². The van der Waals surface area contributed by atoms with E-state index in [1.165, 1.54) is 83.2 Å². The Kier molecular flexibility index (Phi) is 16.9. The molecule has 0 aromatic carbocycles. The number of hydrogen-bond donors (Lipinski definition) is 0. The van der Waals surface area contributed by atoms with Crippen molar-refractivity contribution in [1.29, 1.82) is 0 Å². The van der Waals surface area contributed by atoms with E-state index in [1.807, 2.05) is 0 Å². The standard InChI is InChI=1S/C17H38P.H2O/c1-5-6-7-8-9-10-11-12-13-14-15-16-17-18(2,3)4;/h5-17H2,1-4H3;1H2/q+1;/p-1. The second kappa shape index (κ2) is 14.8. The van der Waals surface area contributed by atoms with Crippen molar-refractivity contribution < 1.29 is 5.48 Å². The van der Waals surface area contributed by atoms with Crippen LogP contribution in [0.25, 0.3) is 0 Å². The van der Waals surface area contributed by atoms with E-state index in [-0.39, 0.29) is 5.48 Å². The second-order valence-electron chi connectivity index (χ2n) is 6.90. The zero-order valence-corrected chi connectivity index (χ0v) is 15.0. The van der Waals surface area contributed by atoms with Gasteiger partial charge >= 0.3 is 0 Å². The Balaban J connectivity index is 0. The van der Waals surface area contributed by atoms with Crippen LogP contribution in [-0.4, -0.2) is 31.6 Å². The Morgan fingerprint density at radius 2 is 0.842 bits per heavy atom. The fourth-order valence-corrected chi connectivity index (χ4v) is 3.60. The van der Waals surface area contributed by atoms with E-state index < -0.39 is 7.26 Å². The molecule has 0 fully saturated rings. The first-order valence-electron chi connectivity index (χ1n) is 8.36. The first-order chi connectivity index (χ1) is 8.56. The lowest BCUT2D eigenvalue weighted by molar-refractivity contribution is 0.548. The van der Waals surface area contributed by atoms with Crippen LogP contribution in [0.1, 0.15) is 84.0 Å². The third-order valence-electron chi connectivity index (χ3n) is 3.68. The molecule has 0 aliphatic heterocycles. The smallest absolute Gasteiger partial charge is 0.0586 e. The second-order valence-corrected chi connectivity index (χ2v) is 11.9. The maximum atomic E-state index is 2.46. The van der Waals surface area contributed by atoms with E-state index in [0.717, 1.165) is 0 Å². The van der Waals surface area contributed by atoms with E-state index in [4.69, 9.17) is 0 Å². The molecule has 0 unspecified atom stereocenters. The first kappa shape index (κ1) is 21.7. The highest BCUT2D eigenvalue weighted by atomic mass is 31.2. The van der Waals surface area contributed by atoms with Crippen molar-refractivity contribution in [2.75, 3.05) is 26.2 Å². The SMILES string of the molecule is CCCCCCCCCCCCCC[P+](C)(C)C.[OH-]. The van der Waals surface area contributed by atoms with Crippen LogP contribution in [0, 0.1) is 0 Å². The van der Waals surface area contributed by atoms with Gasteiger partial charge in [0.25, 0.3) is 0 Å². The summed E-state index contributed by atoms with van der Waals surface area (Å²) in [5.74, 6) is 0. The summed E-state index contributed by atoms with van der Waals surface area (Å²) in [5.41, 5.74) is 0. The molecule has 0 aromatic rings. The van der Waals surface area contributed by atoms with Crippen molar-refractivity contribution in [1.82, 2.24) is 0 Å². The van der Waals surface area contributed by atoms with Gasteiger partial charge in [-0.05, 0) is 12.8 Å². The molecule has 0 saturated heterocycles. The topological polar surface area (TPSA) is 30.0 Å². The minimum absolute atomic E-state index is 0. The average Bonchev–Trinajstić information content (AvgIpc) is 2.29. The minimum Gasteiger partial charge on any atom is -0.870 e. The van der Waals surface area contributed by atoms with E-state index in [1.54, 1.807) is 0 Å². The Labute approximate surface area is 123 Å². The molecule has 2 heteroatoms. The number of rotatable bonds is 13. The molecular weight excluding hydrogens is 251 g/mol. The fraction of sp³-hybridized carbons (Fsp3) is 1.00. The predicted molar refractivity (Wildman–Crippen MR) is 92.6 cm³/mol. The average molecular weight is 290 g/mol. The summed E-state index contributed by atoms with van der Waals surface area (Å²) in [4.78, 5) is 0. The zero-order valence-electron chi connectivity index (χ0n) is 14.1. The molecular formula is C17H39OP. The van der Waals surface area contributed by atoms with Gasteiger partial charge in [0.15, 0.2) is 0 Å². The van der Waals surface area contributed by atoms with Crippen LogP contribution in [-0.2, 0) is 0 Å². The van der Waals surface area contributed by atoms with Crippen LogP contribution in [0.2, 0.25) is 0 Å². The van der Waals surface area contributed by atoms with E-state index in [9.17, 15) is 0 Å². The highest BCUT2D eigenvalue weighted by Gasteiger charge is 2.15. The Morgan fingerprint density at radius 3 is 1.16 bits per heavy atom. The summed E-state index contributed by atoms with van der Waals surface area (Å²) in [6, 6.07) is 0. The minimum atomic E-state index is -0.496. The summed E-state index contributed by atoms with van der Waals surface area (Å²) >= 11 is 0. The van der Waals surface area contributed by atoms with Crippen molar-refractivity contribution in [2.24, 2.45) is 0 Å². The van der Waals surface area contributed by atoms with E-state index in [0.29, 0.717) is 0 Å². The third kappa shape index (κ3) is 20.9. The lowest BCUT2D eigenvalue weighted by Gasteiger charge is -2.10. The maximum absolute atomic E-state index is 2.46. The molecule has 118 valence electrons. The molecule has 0 aromatic heterocycles. The van der Waals surface area contributed by atoms with Gasteiger partial charge in [0.05, 0.1) is 6.16 Å². The van der Waals surface area contributed by atoms with Crippen molar-refractivity contribution in [3.8, 4) is 0 Å². The first-order valence-corrected chi connectivity index (χ1v) is 11.7. The van der Waals surface area contributed by atoms with Gasteiger partial charge in [-0.1, -0.05) is 71.1 Å². The van der Waals surface area contributed by atoms with Crippen molar-refractivity contribution in [3.63, 3.8) is 0 Å². The number of unbranched alkanes of at least 4 members (excludes halogenated alkanes) is 11. The molecule has 19 heavy (non-hydrogen) atoms. The summed E-state index contributed by atoms with van der Waals surface area (Å²) in [7, 11) is -0.496. The molecule has 0 rings (SSSR count). The largest absolute Gasteiger partial charge is 0.870 e. The van der Waals surface area contributed by atoms with Crippen LogP contribution in [0.5, 0.6) is 0 Å². The Morgan fingerprint density at radius 1 is 0.526 bits per heavy atom. The third-order valence-corrected chi connectivity index (χ3v) is 5.34. The summed E-state index contributed by atoms with van der Waals surface area (Å²) < 4.78 is 0. The van der Waals surface area contributed by atoms with Crippen molar-refractivity contribution in [3.05, 3.63) is 0 Å². The van der Waals surface area contributed by atoms with Crippen LogP contribution in [0.3, 0.4) is 0 Å². The van der Waals surface area contributed by atoms with Crippen molar-refractivity contribution >= 4 is 7.26 Å². The Bertz CT molecular complexity index is 163. The molecule has 0 amide bonds. The number of hydrogen-bond acceptors (Lipinski definition) is 1. The molecule has 0 aliphatic carbocycles. The summed E-state index contributed by atoms with van der Waals surface area (Å²) in [6.07, 6.45) is 19.1. The van der Waals surface area contributed by atoms with E-state index >= 15 is 0 Å². The summed E-state index contributed by atoms with van der Waals surface area (Å²) in [6.45, 7) is 9.68. The quantitative estimate of drug-likeness (QED) is 0.284. The van der Waals surface area contributed by atoms with Gasteiger partial charge < -0.3 is 5.48 Å².